The van der Waals surface area contributed by atoms with E-state index in [0.717, 1.165) is 5.56 Å². The van der Waals surface area contributed by atoms with Gasteiger partial charge in [-0.1, -0.05) is 45.0 Å². The van der Waals surface area contributed by atoms with Crippen LogP contribution >= 0.6 is 0 Å². The molecule has 1 fully saturated rings. The van der Waals surface area contributed by atoms with Gasteiger partial charge in [-0.15, -0.1) is 0 Å². The lowest BCUT2D eigenvalue weighted by atomic mass is 9.88. The van der Waals surface area contributed by atoms with E-state index in [1.807, 2.05) is 12.1 Å². The molecule has 0 aromatic heterocycles. The molecule has 1 amide bonds. The summed E-state index contributed by atoms with van der Waals surface area (Å²) in [5.41, 5.74) is 2.35. The van der Waals surface area contributed by atoms with Crippen LogP contribution in [-0.4, -0.2) is 42.3 Å². The van der Waals surface area contributed by atoms with Crippen molar-refractivity contribution in [3.05, 3.63) is 45.5 Å². The summed E-state index contributed by atoms with van der Waals surface area (Å²) in [5.74, 6) is -2.13. The second kappa shape index (κ2) is 10.8. The molecule has 30 heavy (non-hydrogen) atoms. The van der Waals surface area contributed by atoms with Gasteiger partial charge < -0.3 is 10.1 Å². The number of nitro groups is 1. The Morgan fingerprint density at radius 2 is 1.93 bits per heavy atom. The van der Waals surface area contributed by atoms with Gasteiger partial charge in [-0.05, 0) is 29.4 Å². The number of benzene rings is 1. The molecule has 1 N–H and O–H groups in total. The molecule has 8 nitrogen and oxygen atoms in total. The molecule has 3 atom stereocenters. The Labute approximate surface area is 176 Å². The highest BCUT2D eigenvalue weighted by Gasteiger charge is 2.44. The number of nitrogens with zero attached hydrogens (tertiary/aromatic N) is 1. The Bertz CT molecular complexity index is 774. The number of esters is 1. The van der Waals surface area contributed by atoms with E-state index in [1.54, 1.807) is 6.92 Å². The molecule has 0 spiro atoms. The zero-order valence-corrected chi connectivity index (χ0v) is 17.8. The SMILES string of the molecule is CC(C)c1ccc(CCNC(=O)COC(=O)C[C@@H]2C(=O)C[C@@H](C)[C@H]2C[N+](=O)[O-])cc1. The molecular weight excluding hydrogens is 388 g/mol. The van der Waals surface area contributed by atoms with Crippen molar-refractivity contribution in [2.75, 3.05) is 19.7 Å². The minimum absolute atomic E-state index is 0.140. The van der Waals surface area contributed by atoms with Gasteiger partial charge in [0.25, 0.3) is 5.91 Å². The number of carbonyl (C=O) groups is 3. The summed E-state index contributed by atoms with van der Waals surface area (Å²) in [6.07, 6.45) is 0.668. The molecule has 1 aliphatic rings. The van der Waals surface area contributed by atoms with Crippen LogP contribution in [0.1, 0.15) is 50.7 Å². The maximum atomic E-state index is 12.1. The fourth-order valence-corrected chi connectivity index (χ4v) is 3.85. The quantitative estimate of drug-likeness (QED) is 0.355. The molecular formula is C22H30N2O6. The van der Waals surface area contributed by atoms with Crippen LogP contribution in [0.5, 0.6) is 0 Å². The molecule has 0 bridgehead atoms. The molecule has 1 aliphatic carbocycles. The fraction of sp³-hybridized carbons (Fsp3) is 0.591. The Morgan fingerprint density at radius 3 is 2.53 bits per heavy atom. The third-order valence-electron chi connectivity index (χ3n) is 5.68. The number of carbonyl (C=O) groups excluding carboxylic acids is 3. The number of hydrogen-bond donors (Lipinski definition) is 1. The Kier molecular flexibility index (Phi) is 8.50. The summed E-state index contributed by atoms with van der Waals surface area (Å²) in [4.78, 5) is 46.4. The third kappa shape index (κ3) is 6.93. The minimum atomic E-state index is -0.713. The van der Waals surface area contributed by atoms with E-state index in [0.29, 0.717) is 18.9 Å². The Morgan fingerprint density at radius 1 is 1.27 bits per heavy atom. The van der Waals surface area contributed by atoms with Crippen molar-refractivity contribution in [1.82, 2.24) is 5.32 Å². The summed E-state index contributed by atoms with van der Waals surface area (Å²) in [6, 6.07) is 8.20. The normalized spacial score (nSPS) is 20.9. The van der Waals surface area contributed by atoms with E-state index in [4.69, 9.17) is 4.74 Å². The second-order valence-electron chi connectivity index (χ2n) is 8.29. The summed E-state index contributed by atoms with van der Waals surface area (Å²) >= 11 is 0. The molecule has 1 aromatic carbocycles. The van der Waals surface area contributed by atoms with Gasteiger partial charge in [0.2, 0.25) is 6.54 Å². The van der Waals surface area contributed by atoms with E-state index in [2.05, 4.69) is 31.3 Å². The van der Waals surface area contributed by atoms with E-state index in [9.17, 15) is 24.5 Å². The van der Waals surface area contributed by atoms with Crippen molar-refractivity contribution in [2.24, 2.45) is 17.8 Å². The number of ketones is 1. The van der Waals surface area contributed by atoms with Crippen molar-refractivity contribution in [3.63, 3.8) is 0 Å². The predicted octanol–water partition coefficient (Wildman–Crippen LogP) is 2.52. The number of nitrogens with one attached hydrogen (secondary N) is 1. The molecule has 0 saturated heterocycles. The van der Waals surface area contributed by atoms with Crippen LogP contribution in [0.3, 0.4) is 0 Å². The zero-order valence-electron chi connectivity index (χ0n) is 17.8. The van der Waals surface area contributed by atoms with Crippen molar-refractivity contribution in [2.45, 2.75) is 46.0 Å². The first-order valence-electron chi connectivity index (χ1n) is 10.3. The van der Waals surface area contributed by atoms with Gasteiger partial charge in [0, 0.05) is 29.7 Å². The Hall–Kier alpha value is -2.77. The minimum Gasteiger partial charge on any atom is -0.456 e. The third-order valence-corrected chi connectivity index (χ3v) is 5.68. The summed E-state index contributed by atoms with van der Waals surface area (Å²) in [5, 5.41) is 13.5. The van der Waals surface area contributed by atoms with E-state index in [1.165, 1.54) is 5.56 Å². The predicted molar refractivity (Wildman–Crippen MR) is 110 cm³/mol. The van der Waals surface area contributed by atoms with Crippen molar-refractivity contribution >= 4 is 17.7 Å². The van der Waals surface area contributed by atoms with Gasteiger partial charge in [-0.2, -0.15) is 0 Å². The van der Waals surface area contributed by atoms with Gasteiger partial charge >= 0.3 is 5.97 Å². The zero-order chi connectivity index (χ0) is 22.3. The highest BCUT2D eigenvalue weighted by Crippen LogP contribution is 2.36. The summed E-state index contributed by atoms with van der Waals surface area (Å²) in [7, 11) is 0. The van der Waals surface area contributed by atoms with E-state index in [-0.39, 0.29) is 31.1 Å². The topological polar surface area (TPSA) is 116 Å². The number of Topliss-reactive ketones (excluding diaryl/α,β-unsaturated/α-hetero) is 1. The second-order valence-corrected chi connectivity index (χ2v) is 8.29. The molecule has 0 unspecified atom stereocenters. The van der Waals surface area contributed by atoms with Crippen molar-refractivity contribution in [3.8, 4) is 0 Å². The van der Waals surface area contributed by atoms with Gasteiger partial charge in [0.05, 0.1) is 6.42 Å². The molecule has 8 heteroatoms. The van der Waals surface area contributed by atoms with Crippen molar-refractivity contribution in [1.29, 1.82) is 0 Å². The van der Waals surface area contributed by atoms with Crippen LogP contribution in [0, 0.1) is 27.9 Å². The molecule has 2 rings (SSSR count). The van der Waals surface area contributed by atoms with Crippen LogP contribution in [0.15, 0.2) is 24.3 Å². The first kappa shape index (κ1) is 23.5. The van der Waals surface area contributed by atoms with Gasteiger partial charge in [-0.25, -0.2) is 0 Å². The highest BCUT2D eigenvalue weighted by molar-refractivity contribution is 5.88. The first-order valence-corrected chi connectivity index (χ1v) is 10.3. The van der Waals surface area contributed by atoms with Crippen LogP contribution in [-0.2, 0) is 25.5 Å². The van der Waals surface area contributed by atoms with Crippen LogP contribution in [0.4, 0.5) is 0 Å². The highest BCUT2D eigenvalue weighted by atomic mass is 16.6. The average Bonchev–Trinajstić information content (AvgIpc) is 2.93. The largest absolute Gasteiger partial charge is 0.456 e. The van der Waals surface area contributed by atoms with Gasteiger partial charge in [-0.3, -0.25) is 24.5 Å². The van der Waals surface area contributed by atoms with E-state index >= 15 is 0 Å². The molecule has 1 saturated carbocycles. The lowest BCUT2D eigenvalue weighted by Gasteiger charge is -2.17. The maximum Gasteiger partial charge on any atom is 0.307 e. The molecule has 0 radical (unpaired) electrons. The fourth-order valence-electron chi connectivity index (χ4n) is 3.85. The summed E-state index contributed by atoms with van der Waals surface area (Å²) < 4.78 is 4.97. The van der Waals surface area contributed by atoms with Gasteiger partial charge in [0.15, 0.2) is 6.61 Å². The number of rotatable bonds is 10. The van der Waals surface area contributed by atoms with E-state index < -0.39 is 35.2 Å². The average molecular weight is 418 g/mol. The van der Waals surface area contributed by atoms with Crippen molar-refractivity contribution < 1.29 is 24.0 Å². The number of ether oxygens (including phenoxy) is 1. The standard InChI is InChI=1S/C22H30N2O6/c1-14(2)17-6-4-16(5-7-17)8-9-23-21(26)13-30-22(27)11-18-19(12-24(28)29)15(3)10-20(18)25/h4-7,14-15,18-19H,8-13H2,1-3H3,(H,23,26)/t15-,18+,19-/m1/s1. The molecule has 1 aromatic rings. The van der Waals surface area contributed by atoms with Gasteiger partial charge in [0.1, 0.15) is 5.78 Å². The molecule has 0 aliphatic heterocycles. The van der Waals surface area contributed by atoms with Crippen LogP contribution in [0.25, 0.3) is 0 Å². The van der Waals surface area contributed by atoms with Crippen LogP contribution < -0.4 is 5.32 Å². The Balaban J connectivity index is 1.71. The molecule has 164 valence electrons. The number of hydrogen-bond acceptors (Lipinski definition) is 6. The first-order chi connectivity index (χ1) is 14.2. The monoisotopic (exact) mass is 418 g/mol. The smallest absolute Gasteiger partial charge is 0.307 e. The lowest BCUT2D eigenvalue weighted by molar-refractivity contribution is -0.490. The van der Waals surface area contributed by atoms with Crippen LogP contribution in [0.2, 0.25) is 0 Å². The lowest BCUT2D eigenvalue weighted by Crippen LogP contribution is -2.32. The summed E-state index contributed by atoms with van der Waals surface area (Å²) in [6.45, 7) is 5.68. The maximum absolute atomic E-state index is 12.1. The molecule has 0 heterocycles. The number of amides is 1.